The minimum Gasteiger partial charge on any atom is -0.336 e. The van der Waals surface area contributed by atoms with Gasteiger partial charge >= 0.3 is 0 Å². The molecule has 27 heavy (non-hydrogen) atoms. The molecule has 0 unspecified atom stereocenters. The van der Waals surface area contributed by atoms with Crippen LogP contribution in [0.2, 0.25) is 0 Å². The molecule has 1 aromatic heterocycles. The lowest BCUT2D eigenvalue weighted by Gasteiger charge is -2.41. The van der Waals surface area contributed by atoms with Crippen molar-refractivity contribution in [1.29, 1.82) is 0 Å². The van der Waals surface area contributed by atoms with Crippen molar-refractivity contribution in [3.05, 3.63) is 25.8 Å². The second kappa shape index (κ2) is 7.92. The normalized spacial score (nSPS) is 24.3. The quantitative estimate of drug-likeness (QED) is 0.717. The molecular weight excluding hydrogens is 372 g/mol. The summed E-state index contributed by atoms with van der Waals surface area (Å²) in [5, 5.41) is 0. The second-order valence-electron chi connectivity index (χ2n) is 8.47. The fourth-order valence-corrected chi connectivity index (χ4v) is 7.86. The SMILES string of the molecule is O=C(C1=Cc2sc3c(c2CS1)CCCC3)N1CCN(C2CCCCC2)CC1. The minimum atomic E-state index is 0.278. The number of fused-ring (bicyclic) bond motifs is 3. The van der Waals surface area contributed by atoms with E-state index in [0.717, 1.165) is 42.9 Å². The van der Waals surface area contributed by atoms with Crippen LogP contribution in [0.25, 0.3) is 6.08 Å². The molecule has 2 fully saturated rings. The zero-order chi connectivity index (χ0) is 18.2. The van der Waals surface area contributed by atoms with E-state index < -0.39 is 0 Å². The van der Waals surface area contributed by atoms with E-state index in [1.165, 1.54) is 62.7 Å². The molecule has 5 rings (SSSR count). The van der Waals surface area contributed by atoms with Crippen LogP contribution in [-0.4, -0.2) is 47.9 Å². The molecule has 146 valence electrons. The van der Waals surface area contributed by atoms with Gasteiger partial charge in [-0.3, -0.25) is 9.69 Å². The van der Waals surface area contributed by atoms with Gasteiger partial charge < -0.3 is 4.90 Å². The predicted molar refractivity (Wildman–Crippen MR) is 115 cm³/mol. The summed E-state index contributed by atoms with van der Waals surface area (Å²) in [7, 11) is 0. The first-order chi connectivity index (χ1) is 13.3. The number of hydrogen-bond acceptors (Lipinski definition) is 4. The summed E-state index contributed by atoms with van der Waals surface area (Å²) >= 11 is 3.73. The van der Waals surface area contributed by atoms with Crippen LogP contribution in [0.1, 0.15) is 65.8 Å². The number of aryl methyl sites for hydroxylation is 1. The zero-order valence-electron chi connectivity index (χ0n) is 16.2. The van der Waals surface area contributed by atoms with Gasteiger partial charge in [-0.1, -0.05) is 19.3 Å². The molecular formula is C22H30N2OS2. The Morgan fingerprint density at radius 3 is 2.52 bits per heavy atom. The third-order valence-corrected chi connectivity index (χ3v) is 9.17. The van der Waals surface area contributed by atoms with Gasteiger partial charge in [0.25, 0.3) is 5.91 Å². The van der Waals surface area contributed by atoms with E-state index in [1.54, 1.807) is 27.8 Å². The molecule has 3 nitrogen and oxygen atoms in total. The van der Waals surface area contributed by atoms with Gasteiger partial charge in [-0.25, -0.2) is 0 Å². The summed E-state index contributed by atoms with van der Waals surface area (Å²) < 4.78 is 0. The van der Waals surface area contributed by atoms with Gasteiger partial charge in [-0.05, 0) is 55.7 Å². The Labute approximate surface area is 171 Å². The van der Waals surface area contributed by atoms with E-state index in [9.17, 15) is 4.79 Å². The lowest BCUT2D eigenvalue weighted by Crippen LogP contribution is -2.52. The average molecular weight is 403 g/mol. The molecule has 0 spiro atoms. The van der Waals surface area contributed by atoms with Gasteiger partial charge in [0.1, 0.15) is 0 Å². The summed E-state index contributed by atoms with van der Waals surface area (Å²) in [6.07, 6.45) is 14.3. The standard InChI is InChI=1S/C22H30N2OS2/c25-22(24-12-10-23(11-13-24)16-6-2-1-3-7-16)21-14-20-18(15-26-21)17-8-4-5-9-19(17)27-20/h14,16H,1-13,15H2. The summed E-state index contributed by atoms with van der Waals surface area (Å²) in [5.41, 5.74) is 3.16. The maximum absolute atomic E-state index is 13.1. The maximum Gasteiger partial charge on any atom is 0.260 e. The third kappa shape index (κ3) is 3.63. The molecule has 2 aliphatic carbocycles. The number of thioether (sulfide) groups is 1. The Bertz CT molecular complexity index is 740. The Morgan fingerprint density at radius 1 is 0.926 bits per heavy atom. The van der Waals surface area contributed by atoms with Crippen LogP contribution in [0, 0.1) is 0 Å². The molecule has 4 aliphatic rings. The fourth-order valence-electron chi connectivity index (χ4n) is 5.25. The maximum atomic E-state index is 13.1. The summed E-state index contributed by atoms with van der Waals surface area (Å²) in [6.45, 7) is 3.93. The van der Waals surface area contributed by atoms with Crippen LogP contribution in [0.5, 0.6) is 0 Å². The number of carbonyl (C=O) groups is 1. The number of nitrogens with zero attached hydrogens (tertiary/aromatic N) is 2. The van der Waals surface area contributed by atoms with E-state index in [4.69, 9.17) is 0 Å². The van der Waals surface area contributed by atoms with Gasteiger partial charge in [0, 0.05) is 47.7 Å². The number of hydrogen-bond donors (Lipinski definition) is 0. The summed E-state index contributed by atoms with van der Waals surface area (Å²) in [5.74, 6) is 1.28. The molecule has 0 atom stereocenters. The smallest absolute Gasteiger partial charge is 0.260 e. The molecule has 0 radical (unpaired) electrons. The summed E-state index contributed by atoms with van der Waals surface area (Å²) in [4.78, 5) is 21.8. The lowest BCUT2D eigenvalue weighted by molar-refractivity contribution is -0.128. The Hall–Kier alpha value is -0.780. The molecule has 1 saturated heterocycles. The zero-order valence-corrected chi connectivity index (χ0v) is 17.8. The number of piperazine rings is 1. The van der Waals surface area contributed by atoms with Gasteiger partial charge in [0.05, 0.1) is 4.91 Å². The molecule has 0 bridgehead atoms. The molecule has 3 heterocycles. The van der Waals surface area contributed by atoms with E-state index in [-0.39, 0.29) is 5.91 Å². The van der Waals surface area contributed by atoms with Crippen molar-refractivity contribution >= 4 is 35.1 Å². The monoisotopic (exact) mass is 402 g/mol. The highest BCUT2D eigenvalue weighted by Gasteiger charge is 2.30. The molecule has 5 heteroatoms. The Morgan fingerprint density at radius 2 is 1.70 bits per heavy atom. The number of thiophene rings is 1. The van der Waals surface area contributed by atoms with Crippen LogP contribution in [0.3, 0.4) is 0 Å². The average Bonchev–Trinajstić information content (AvgIpc) is 3.12. The molecule has 1 amide bonds. The van der Waals surface area contributed by atoms with Gasteiger partial charge in [-0.2, -0.15) is 0 Å². The Kier molecular flexibility index (Phi) is 5.36. The molecule has 1 aromatic rings. The van der Waals surface area contributed by atoms with E-state index in [2.05, 4.69) is 15.9 Å². The third-order valence-electron chi connectivity index (χ3n) is 6.85. The van der Waals surface area contributed by atoms with Crippen molar-refractivity contribution in [2.24, 2.45) is 0 Å². The highest BCUT2D eigenvalue weighted by atomic mass is 32.2. The van der Waals surface area contributed by atoms with Crippen molar-refractivity contribution in [1.82, 2.24) is 9.80 Å². The van der Waals surface area contributed by atoms with Crippen LogP contribution < -0.4 is 0 Å². The number of amides is 1. The van der Waals surface area contributed by atoms with E-state index in [1.807, 2.05) is 11.3 Å². The second-order valence-corrected chi connectivity index (χ2v) is 10.6. The van der Waals surface area contributed by atoms with Crippen LogP contribution >= 0.6 is 23.1 Å². The number of rotatable bonds is 2. The summed E-state index contributed by atoms with van der Waals surface area (Å²) in [6, 6.07) is 0.777. The fraction of sp³-hybridized carbons (Fsp3) is 0.682. The van der Waals surface area contributed by atoms with Crippen LogP contribution in [-0.2, 0) is 23.4 Å². The van der Waals surface area contributed by atoms with Gasteiger partial charge in [0.2, 0.25) is 0 Å². The highest BCUT2D eigenvalue weighted by Crippen LogP contribution is 2.43. The first-order valence-electron chi connectivity index (χ1n) is 10.8. The van der Waals surface area contributed by atoms with Crippen molar-refractivity contribution < 1.29 is 4.79 Å². The number of carbonyl (C=O) groups excluding carboxylic acids is 1. The largest absolute Gasteiger partial charge is 0.336 e. The van der Waals surface area contributed by atoms with E-state index in [0.29, 0.717) is 0 Å². The van der Waals surface area contributed by atoms with E-state index >= 15 is 0 Å². The minimum absolute atomic E-state index is 0.278. The van der Waals surface area contributed by atoms with Crippen LogP contribution in [0.15, 0.2) is 4.91 Å². The predicted octanol–water partition coefficient (Wildman–Crippen LogP) is 4.69. The van der Waals surface area contributed by atoms with Crippen molar-refractivity contribution in [3.8, 4) is 0 Å². The molecule has 2 aliphatic heterocycles. The van der Waals surface area contributed by atoms with Crippen molar-refractivity contribution in [3.63, 3.8) is 0 Å². The highest BCUT2D eigenvalue weighted by molar-refractivity contribution is 8.03. The van der Waals surface area contributed by atoms with Gasteiger partial charge in [0.15, 0.2) is 0 Å². The van der Waals surface area contributed by atoms with Crippen molar-refractivity contribution in [2.45, 2.75) is 69.6 Å². The Balaban J connectivity index is 1.24. The first kappa shape index (κ1) is 18.3. The van der Waals surface area contributed by atoms with Crippen LogP contribution in [0.4, 0.5) is 0 Å². The van der Waals surface area contributed by atoms with Gasteiger partial charge in [-0.15, -0.1) is 23.1 Å². The topological polar surface area (TPSA) is 23.6 Å². The first-order valence-corrected chi connectivity index (χ1v) is 12.6. The van der Waals surface area contributed by atoms with Crippen molar-refractivity contribution in [2.75, 3.05) is 26.2 Å². The molecule has 0 N–H and O–H groups in total. The lowest BCUT2D eigenvalue weighted by atomic mass is 9.94. The molecule has 1 saturated carbocycles. The molecule has 0 aromatic carbocycles.